The molecule has 1 saturated heterocycles. The molecule has 0 aromatic heterocycles. The third-order valence-electron chi connectivity index (χ3n) is 3.29. The van der Waals surface area contributed by atoms with Crippen LogP contribution < -0.4 is 10.1 Å². The lowest BCUT2D eigenvalue weighted by atomic mass is 10.0. The minimum absolute atomic E-state index is 0.362. The van der Waals surface area contributed by atoms with Crippen LogP contribution in [0.25, 0.3) is 0 Å². The first kappa shape index (κ1) is 13.2. The van der Waals surface area contributed by atoms with Gasteiger partial charge in [-0.1, -0.05) is 0 Å². The lowest BCUT2D eigenvalue weighted by molar-refractivity contribution is 0.145. The number of piperazine rings is 1. The van der Waals surface area contributed by atoms with Crippen LogP contribution in [0.5, 0.6) is 5.75 Å². The van der Waals surface area contributed by atoms with Crippen molar-refractivity contribution < 1.29 is 13.5 Å². The normalized spacial score (nSPS) is 18.6. The molecule has 1 aromatic carbocycles. The predicted molar refractivity (Wildman–Crippen MR) is 66.1 cm³/mol. The molecule has 100 valence electrons. The molecule has 1 aliphatic rings. The van der Waals surface area contributed by atoms with Gasteiger partial charge >= 0.3 is 0 Å². The molecule has 1 fully saturated rings. The Hall–Kier alpha value is -1.20. The molecule has 2 rings (SSSR count). The van der Waals surface area contributed by atoms with E-state index in [1.54, 1.807) is 6.07 Å². The van der Waals surface area contributed by atoms with Crippen LogP contribution in [0.2, 0.25) is 0 Å². The van der Waals surface area contributed by atoms with Crippen molar-refractivity contribution in [1.82, 2.24) is 10.2 Å². The summed E-state index contributed by atoms with van der Waals surface area (Å²) in [5.74, 6) is 0.178. The van der Waals surface area contributed by atoms with E-state index in [4.69, 9.17) is 4.74 Å². The van der Waals surface area contributed by atoms with Gasteiger partial charge in [-0.05, 0) is 18.2 Å². The van der Waals surface area contributed by atoms with Crippen LogP contribution >= 0.6 is 0 Å². The summed E-state index contributed by atoms with van der Waals surface area (Å²) in [4.78, 5) is 2.02. The van der Waals surface area contributed by atoms with E-state index in [0.29, 0.717) is 11.3 Å². The lowest BCUT2D eigenvalue weighted by Crippen LogP contribution is -2.45. The molecule has 5 heteroatoms. The van der Waals surface area contributed by atoms with Gasteiger partial charge in [0.1, 0.15) is 18.2 Å². The first-order chi connectivity index (χ1) is 8.76. The topological polar surface area (TPSA) is 24.5 Å². The summed E-state index contributed by atoms with van der Waals surface area (Å²) < 4.78 is 31.9. The number of halogens is 2. The third-order valence-corrected chi connectivity index (χ3v) is 3.29. The minimum Gasteiger partial charge on any atom is -0.496 e. The quantitative estimate of drug-likeness (QED) is 0.888. The summed E-state index contributed by atoms with van der Waals surface area (Å²) in [6.07, 6.45) is 0. The van der Waals surface area contributed by atoms with E-state index in [-0.39, 0.29) is 5.82 Å². The summed E-state index contributed by atoms with van der Waals surface area (Å²) in [5, 5.41) is 3.22. The van der Waals surface area contributed by atoms with Crippen molar-refractivity contribution in [3.63, 3.8) is 0 Å². The second-order valence-corrected chi connectivity index (χ2v) is 4.34. The highest BCUT2D eigenvalue weighted by molar-refractivity contribution is 5.36. The Bertz CT molecular complexity index is 395. The van der Waals surface area contributed by atoms with Crippen LogP contribution in [0, 0.1) is 5.82 Å². The lowest BCUT2D eigenvalue weighted by Gasteiger charge is -2.34. The molecule has 18 heavy (non-hydrogen) atoms. The maximum Gasteiger partial charge on any atom is 0.123 e. The van der Waals surface area contributed by atoms with Crippen molar-refractivity contribution in [2.45, 2.75) is 6.04 Å². The summed E-state index contributed by atoms with van der Waals surface area (Å²) in [6, 6.07) is 3.81. The van der Waals surface area contributed by atoms with Gasteiger partial charge in [-0.15, -0.1) is 0 Å². The standard InChI is InChI=1S/C13H18F2N2O/c1-18-13-3-2-10(15)8-11(13)12(9-14)17-6-4-16-5-7-17/h2-3,8,12,16H,4-7,9H2,1H3/t12-/m1/s1. The minimum atomic E-state index is -0.542. The number of benzene rings is 1. The fourth-order valence-electron chi connectivity index (χ4n) is 2.34. The number of nitrogens with one attached hydrogen (secondary N) is 1. The summed E-state index contributed by atoms with van der Waals surface area (Å²) in [5.41, 5.74) is 0.585. The molecule has 0 aliphatic carbocycles. The van der Waals surface area contributed by atoms with Gasteiger partial charge in [0.15, 0.2) is 0 Å². The molecule has 0 radical (unpaired) electrons. The smallest absolute Gasteiger partial charge is 0.123 e. The van der Waals surface area contributed by atoms with Crippen LogP contribution in [0.1, 0.15) is 11.6 Å². The fraction of sp³-hybridized carbons (Fsp3) is 0.538. The van der Waals surface area contributed by atoms with Crippen molar-refractivity contribution in [2.24, 2.45) is 0 Å². The van der Waals surface area contributed by atoms with E-state index in [9.17, 15) is 8.78 Å². The summed E-state index contributed by atoms with van der Waals surface area (Å²) in [7, 11) is 1.52. The van der Waals surface area contributed by atoms with Crippen molar-refractivity contribution in [3.05, 3.63) is 29.6 Å². The van der Waals surface area contributed by atoms with Crippen LogP contribution in [-0.2, 0) is 0 Å². The average Bonchev–Trinajstić information content (AvgIpc) is 2.41. The van der Waals surface area contributed by atoms with Gasteiger partial charge in [-0.2, -0.15) is 0 Å². The zero-order chi connectivity index (χ0) is 13.0. The molecular formula is C13H18F2N2O. The highest BCUT2D eigenvalue weighted by Crippen LogP contribution is 2.30. The Morgan fingerprint density at radius 2 is 2.11 bits per heavy atom. The Morgan fingerprint density at radius 3 is 2.72 bits per heavy atom. The summed E-state index contributed by atoms with van der Waals surface area (Å²) in [6.45, 7) is 2.63. The van der Waals surface area contributed by atoms with Crippen molar-refractivity contribution in [3.8, 4) is 5.75 Å². The molecular weight excluding hydrogens is 238 g/mol. The first-order valence-corrected chi connectivity index (χ1v) is 6.10. The van der Waals surface area contributed by atoms with Crippen LogP contribution in [0.4, 0.5) is 8.78 Å². The highest BCUT2D eigenvalue weighted by Gasteiger charge is 2.25. The van der Waals surface area contributed by atoms with E-state index < -0.39 is 12.7 Å². The van der Waals surface area contributed by atoms with Crippen LogP contribution in [0.15, 0.2) is 18.2 Å². The average molecular weight is 256 g/mol. The van der Waals surface area contributed by atoms with Crippen molar-refractivity contribution >= 4 is 0 Å². The van der Waals surface area contributed by atoms with Crippen molar-refractivity contribution in [2.75, 3.05) is 40.0 Å². The van der Waals surface area contributed by atoms with Crippen LogP contribution in [0.3, 0.4) is 0 Å². The SMILES string of the molecule is COc1ccc(F)cc1[C@@H](CF)N1CCNCC1. The molecule has 1 heterocycles. The molecule has 0 bridgehead atoms. The van der Waals surface area contributed by atoms with Gasteiger partial charge in [0.25, 0.3) is 0 Å². The number of rotatable bonds is 4. The Balaban J connectivity index is 2.27. The Labute approximate surface area is 106 Å². The number of hydrogen-bond acceptors (Lipinski definition) is 3. The zero-order valence-corrected chi connectivity index (χ0v) is 10.5. The second kappa shape index (κ2) is 6.11. The fourth-order valence-corrected chi connectivity index (χ4v) is 2.34. The van der Waals surface area contributed by atoms with E-state index in [2.05, 4.69) is 5.32 Å². The third kappa shape index (κ3) is 2.79. The molecule has 1 aliphatic heterocycles. The van der Waals surface area contributed by atoms with Gasteiger partial charge in [0.2, 0.25) is 0 Å². The summed E-state index contributed by atoms with van der Waals surface area (Å²) >= 11 is 0. The number of methoxy groups -OCH3 is 1. The van der Waals surface area contributed by atoms with Gasteiger partial charge in [-0.3, -0.25) is 4.90 Å². The van der Waals surface area contributed by atoms with E-state index in [0.717, 1.165) is 26.2 Å². The molecule has 0 saturated carbocycles. The Morgan fingerprint density at radius 1 is 1.39 bits per heavy atom. The molecule has 1 atom stereocenters. The largest absolute Gasteiger partial charge is 0.496 e. The monoisotopic (exact) mass is 256 g/mol. The van der Waals surface area contributed by atoms with E-state index in [1.807, 2.05) is 4.90 Å². The van der Waals surface area contributed by atoms with Crippen molar-refractivity contribution in [1.29, 1.82) is 0 Å². The molecule has 1 aromatic rings. The maximum atomic E-state index is 13.3. The Kier molecular flexibility index (Phi) is 4.49. The maximum absolute atomic E-state index is 13.3. The number of nitrogens with zero attached hydrogens (tertiary/aromatic N) is 1. The zero-order valence-electron chi connectivity index (χ0n) is 10.5. The second-order valence-electron chi connectivity index (χ2n) is 4.34. The van der Waals surface area contributed by atoms with Gasteiger partial charge < -0.3 is 10.1 Å². The van der Waals surface area contributed by atoms with E-state index >= 15 is 0 Å². The first-order valence-electron chi connectivity index (χ1n) is 6.10. The highest BCUT2D eigenvalue weighted by atomic mass is 19.1. The van der Waals surface area contributed by atoms with E-state index in [1.165, 1.54) is 19.2 Å². The number of ether oxygens (including phenoxy) is 1. The molecule has 0 spiro atoms. The van der Waals surface area contributed by atoms with Gasteiger partial charge in [-0.25, -0.2) is 8.78 Å². The van der Waals surface area contributed by atoms with Crippen LogP contribution in [-0.4, -0.2) is 44.9 Å². The number of hydrogen-bond donors (Lipinski definition) is 1. The molecule has 1 N–H and O–H groups in total. The molecule has 0 amide bonds. The number of alkyl halides is 1. The predicted octanol–water partition coefficient (Wildman–Crippen LogP) is 1.75. The molecule has 0 unspecified atom stereocenters. The molecule has 3 nitrogen and oxygen atoms in total. The van der Waals surface area contributed by atoms with Gasteiger partial charge in [0.05, 0.1) is 13.2 Å². The van der Waals surface area contributed by atoms with Gasteiger partial charge in [0, 0.05) is 31.7 Å².